The molecule has 0 aromatic carbocycles. The Morgan fingerprint density at radius 1 is 1.50 bits per heavy atom. The van der Waals surface area contributed by atoms with Crippen LogP contribution in [0.2, 0.25) is 0 Å². The summed E-state index contributed by atoms with van der Waals surface area (Å²) in [7, 11) is 0. The smallest absolute Gasteiger partial charge is 0.332 e. The molecule has 1 saturated carbocycles. The van der Waals surface area contributed by atoms with E-state index in [1.807, 2.05) is 0 Å². The van der Waals surface area contributed by atoms with Gasteiger partial charge in [0, 0.05) is 19.5 Å². The monoisotopic (exact) mass is 254 g/mol. The van der Waals surface area contributed by atoms with Gasteiger partial charge in [-0.3, -0.25) is 0 Å². The molecule has 0 aromatic heterocycles. The third kappa shape index (κ3) is 5.06. The molecule has 1 atom stereocenters. The summed E-state index contributed by atoms with van der Waals surface area (Å²) in [6, 6.07) is -0.308. The summed E-state index contributed by atoms with van der Waals surface area (Å²) in [6.07, 6.45) is 5.96. The number of carboxylic acid groups (broad SMARTS) is 1. The fraction of sp³-hybridized carbons (Fsp3) is 0.667. The Labute approximate surface area is 106 Å². The fourth-order valence-corrected chi connectivity index (χ4v) is 1.49. The van der Waals surface area contributed by atoms with Crippen LogP contribution in [0.1, 0.15) is 19.3 Å². The third-order valence-corrected chi connectivity index (χ3v) is 2.72. The number of aliphatic carboxylic acids is 1. The molecule has 1 aliphatic rings. The lowest BCUT2D eigenvalue weighted by Crippen LogP contribution is -2.42. The summed E-state index contributed by atoms with van der Waals surface area (Å²) in [6.45, 7) is 0.985. The maximum Gasteiger partial charge on any atom is 0.332 e. The van der Waals surface area contributed by atoms with Gasteiger partial charge in [0.2, 0.25) is 0 Å². The Balaban J connectivity index is 2.27. The van der Waals surface area contributed by atoms with Crippen LogP contribution in [0, 0.1) is 18.3 Å². The molecule has 1 aliphatic carbocycles. The van der Waals surface area contributed by atoms with Crippen LogP contribution in [0.4, 0.5) is 4.79 Å². The van der Waals surface area contributed by atoms with Crippen molar-refractivity contribution in [3.63, 3.8) is 0 Å². The van der Waals surface area contributed by atoms with Gasteiger partial charge in [0.05, 0.1) is 6.54 Å². The number of nitrogens with one attached hydrogen (secondary N) is 1. The molecule has 1 unspecified atom stereocenters. The number of carbonyl (C=O) groups excluding carboxylic acids is 1. The van der Waals surface area contributed by atoms with Crippen LogP contribution >= 0.6 is 0 Å². The minimum absolute atomic E-state index is 0.0194. The molecule has 1 rings (SSSR count). The van der Waals surface area contributed by atoms with Gasteiger partial charge in [-0.15, -0.1) is 6.42 Å². The van der Waals surface area contributed by atoms with E-state index in [0.717, 1.165) is 12.8 Å². The standard InChI is InChI=1S/C12H18N2O4/c1-2-7-14(8-9-3-4-9)12(18)13-6-5-10(15)11(16)17/h1,9-10,15H,3-8H2,(H,13,18)(H,16,17). The van der Waals surface area contributed by atoms with Crippen molar-refractivity contribution >= 4 is 12.0 Å². The second-order valence-corrected chi connectivity index (χ2v) is 4.40. The normalized spacial score (nSPS) is 15.6. The zero-order valence-corrected chi connectivity index (χ0v) is 10.1. The Hall–Kier alpha value is -1.74. The number of aliphatic hydroxyl groups is 1. The van der Waals surface area contributed by atoms with E-state index in [2.05, 4.69) is 11.2 Å². The molecule has 6 nitrogen and oxygen atoms in total. The van der Waals surface area contributed by atoms with Gasteiger partial charge in [-0.1, -0.05) is 5.92 Å². The first-order valence-electron chi connectivity index (χ1n) is 5.91. The van der Waals surface area contributed by atoms with E-state index in [1.165, 1.54) is 4.90 Å². The highest BCUT2D eigenvalue weighted by molar-refractivity contribution is 5.75. The number of carbonyl (C=O) groups is 2. The van der Waals surface area contributed by atoms with Gasteiger partial charge < -0.3 is 20.4 Å². The lowest BCUT2D eigenvalue weighted by Gasteiger charge is -2.20. The molecular formula is C12H18N2O4. The molecule has 0 aliphatic heterocycles. The number of aliphatic hydroxyl groups excluding tert-OH is 1. The van der Waals surface area contributed by atoms with E-state index in [-0.39, 0.29) is 25.5 Å². The van der Waals surface area contributed by atoms with Crippen LogP contribution in [-0.2, 0) is 4.79 Å². The Morgan fingerprint density at radius 2 is 2.17 bits per heavy atom. The van der Waals surface area contributed by atoms with Gasteiger partial charge in [-0.2, -0.15) is 0 Å². The van der Waals surface area contributed by atoms with Crippen molar-refractivity contribution in [2.45, 2.75) is 25.4 Å². The number of terminal acetylenes is 1. The van der Waals surface area contributed by atoms with E-state index in [4.69, 9.17) is 16.6 Å². The van der Waals surface area contributed by atoms with Crippen LogP contribution in [0.25, 0.3) is 0 Å². The maximum atomic E-state index is 11.7. The van der Waals surface area contributed by atoms with Crippen molar-refractivity contribution in [2.24, 2.45) is 5.92 Å². The summed E-state index contributed by atoms with van der Waals surface area (Å²) >= 11 is 0. The average Bonchev–Trinajstić information content (AvgIpc) is 3.12. The lowest BCUT2D eigenvalue weighted by atomic mass is 10.2. The zero-order valence-electron chi connectivity index (χ0n) is 10.1. The number of amides is 2. The first kappa shape index (κ1) is 14.3. The van der Waals surface area contributed by atoms with Crippen LogP contribution < -0.4 is 5.32 Å². The highest BCUT2D eigenvalue weighted by atomic mass is 16.4. The van der Waals surface area contributed by atoms with E-state index in [9.17, 15) is 9.59 Å². The van der Waals surface area contributed by atoms with Crippen LogP contribution in [0.15, 0.2) is 0 Å². The zero-order chi connectivity index (χ0) is 13.5. The van der Waals surface area contributed by atoms with Crippen molar-refractivity contribution in [3.05, 3.63) is 0 Å². The second kappa shape index (κ2) is 6.87. The summed E-state index contributed by atoms with van der Waals surface area (Å²) in [4.78, 5) is 23.6. The number of hydrogen-bond acceptors (Lipinski definition) is 3. The first-order valence-corrected chi connectivity index (χ1v) is 5.91. The highest BCUT2D eigenvalue weighted by Gasteiger charge is 2.26. The van der Waals surface area contributed by atoms with Gasteiger partial charge in [-0.05, 0) is 18.8 Å². The molecule has 0 saturated heterocycles. The Kier molecular flexibility index (Phi) is 5.46. The molecule has 0 spiro atoms. The van der Waals surface area contributed by atoms with Gasteiger partial charge >= 0.3 is 12.0 Å². The molecule has 0 aromatic rings. The van der Waals surface area contributed by atoms with Gasteiger partial charge in [0.15, 0.2) is 6.10 Å². The topological polar surface area (TPSA) is 89.9 Å². The third-order valence-electron chi connectivity index (χ3n) is 2.72. The van der Waals surface area contributed by atoms with Gasteiger partial charge in [0.25, 0.3) is 0 Å². The number of rotatable bonds is 7. The van der Waals surface area contributed by atoms with Crippen LogP contribution in [0.5, 0.6) is 0 Å². The minimum atomic E-state index is -1.45. The maximum absolute atomic E-state index is 11.7. The summed E-state index contributed by atoms with van der Waals surface area (Å²) < 4.78 is 0. The van der Waals surface area contributed by atoms with E-state index in [1.54, 1.807) is 0 Å². The summed E-state index contributed by atoms with van der Waals surface area (Å²) in [5, 5.41) is 20.1. The molecule has 0 bridgehead atoms. The van der Waals surface area contributed by atoms with Gasteiger partial charge in [-0.25, -0.2) is 9.59 Å². The molecule has 0 heterocycles. The number of nitrogens with zero attached hydrogens (tertiary/aromatic N) is 1. The molecule has 0 radical (unpaired) electrons. The van der Waals surface area contributed by atoms with Crippen molar-refractivity contribution in [1.82, 2.24) is 10.2 Å². The predicted octanol–water partition coefficient (Wildman–Crippen LogP) is -0.123. The quantitative estimate of drug-likeness (QED) is 0.552. The Morgan fingerprint density at radius 3 is 2.67 bits per heavy atom. The fourth-order valence-electron chi connectivity index (χ4n) is 1.49. The van der Waals surface area contributed by atoms with Crippen LogP contribution in [0.3, 0.4) is 0 Å². The minimum Gasteiger partial charge on any atom is -0.479 e. The van der Waals surface area contributed by atoms with Gasteiger partial charge in [0.1, 0.15) is 0 Å². The summed E-state index contributed by atoms with van der Waals surface area (Å²) in [5.41, 5.74) is 0. The molecule has 100 valence electrons. The number of hydrogen-bond donors (Lipinski definition) is 3. The van der Waals surface area contributed by atoms with Crippen LogP contribution in [-0.4, -0.2) is 52.9 Å². The van der Waals surface area contributed by atoms with Crippen molar-refractivity contribution in [3.8, 4) is 12.3 Å². The molecule has 18 heavy (non-hydrogen) atoms. The second-order valence-electron chi connectivity index (χ2n) is 4.40. The molecule has 1 fully saturated rings. The SMILES string of the molecule is C#CCN(CC1CC1)C(=O)NCCC(O)C(=O)O. The lowest BCUT2D eigenvalue weighted by molar-refractivity contribution is -0.146. The van der Waals surface area contributed by atoms with E-state index >= 15 is 0 Å². The first-order chi connectivity index (χ1) is 8.54. The average molecular weight is 254 g/mol. The van der Waals surface area contributed by atoms with E-state index < -0.39 is 12.1 Å². The molecule has 6 heteroatoms. The molecular weight excluding hydrogens is 236 g/mol. The number of carboxylic acids is 1. The molecule has 2 amide bonds. The van der Waals surface area contributed by atoms with Crippen molar-refractivity contribution < 1.29 is 19.8 Å². The van der Waals surface area contributed by atoms with Crippen molar-refractivity contribution in [1.29, 1.82) is 0 Å². The summed E-state index contributed by atoms with van der Waals surface area (Å²) in [5.74, 6) is 1.67. The largest absolute Gasteiger partial charge is 0.479 e. The highest BCUT2D eigenvalue weighted by Crippen LogP contribution is 2.29. The van der Waals surface area contributed by atoms with E-state index in [0.29, 0.717) is 12.5 Å². The Bertz CT molecular complexity index is 346. The molecule has 3 N–H and O–H groups in total. The van der Waals surface area contributed by atoms with Crippen molar-refractivity contribution in [2.75, 3.05) is 19.6 Å². The number of urea groups is 1. The predicted molar refractivity (Wildman–Crippen MR) is 64.8 cm³/mol.